The lowest BCUT2D eigenvalue weighted by Crippen LogP contribution is -2.30. The van der Waals surface area contributed by atoms with Gasteiger partial charge in [-0.15, -0.1) is 0 Å². The number of ether oxygens (including phenoxy) is 1. The molecule has 0 aromatic rings. The molecule has 4 nitrogen and oxygen atoms in total. The highest BCUT2D eigenvalue weighted by atomic mass is 32.1. The largest absolute Gasteiger partial charge is 0.393 e. The van der Waals surface area contributed by atoms with Crippen molar-refractivity contribution in [2.45, 2.75) is 38.5 Å². The predicted molar refractivity (Wildman–Crippen MR) is 76.4 cm³/mol. The molecule has 0 aromatic carbocycles. The molecule has 0 aromatic heterocycles. The van der Waals surface area contributed by atoms with Gasteiger partial charge in [0.25, 0.3) is 0 Å². The second-order valence-corrected chi connectivity index (χ2v) is 5.50. The zero-order valence-corrected chi connectivity index (χ0v) is 12.0. The molecule has 1 fully saturated rings. The second kappa shape index (κ2) is 8.43. The maximum Gasteiger partial charge on any atom is 0.224 e. The second-order valence-electron chi connectivity index (χ2n) is 4.98. The van der Waals surface area contributed by atoms with Crippen LogP contribution in [-0.2, 0) is 9.53 Å². The number of nitrogens with two attached hydrogens (primary N) is 1. The maximum absolute atomic E-state index is 11.7. The summed E-state index contributed by atoms with van der Waals surface area (Å²) in [6.07, 6.45) is 6.25. The molecular weight excluding hydrogens is 248 g/mol. The first-order chi connectivity index (χ1) is 8.59. The third-order valence-corrected chi connectivity index (χ3v) is 3.68. The average Bonchev–Trinajstić information content (AvgIpc) is 2.27. The summed E-state index contributed by atoms with van der Waals surface area (Å²) in [5.41, 5.74) is 5.40. The smallest absolute Gasteiger partial charge is 0.224 e. The van der Waals surface area contributed by atoms with E-state index in [1.807, 2.05) is 0 Å². The number of hydrogen-bond acceptors (Lipinski definition) is 3. The molecule has 0 heterocycles. The summed E-state index contributed by atoms with van der Waals surface area (Å²) in [6, 6.07) is 0. The molecule has 18 heavy (non-hydrogen) atoms. The molecule has 0 radical (unpaired) electrons. The van der Waals surface area contributed by atoms with E-state index in [0.29, 0.717) is 31.0 Å². The third-order valence-electron chi connectivity index (χ3n) is 3.47. The molecule has 1 rings (SSSR count). The predicted octanol–water partition coefficient (Wildman–Crippen LogP) is 1.72. The molecule has 0 atom stereocenters. The summed E-state index contributed by atoms with van der Waals surface area (Å²) < 4.78 is 5.49. The first-order valence-electron chi connectivity index (χ1n) is 6.69. The van der Waals surface area contributed by atoms with E-state index in [2.05, 4.69) is 0 Å². The average molecular weight is 272 g/mol. The number of hydrogen-bond donors (Lipinski definition) is 1. The Balaban J connectivity index is 1.96. The Morgan fingerprint density at radius 3 is 2.67 bits per heavy atom. The van der Waals surface area contributed by atoms with Gasteiger partial charge in [-0.2, -0.15) is 0 Å². The van der Waals surface area contributed by atoms with Crippen molar-refractivity contribution < 1.29 is 9.53 Å². The normalized spacial score (nSPS) is 15.2. The van der Waals surface area contributed by atoms with E-state index in [1.165, 1.54) is 19.3 Å². The van der Waals surface area contributed by atoms with Gasteiger partial charge in [0.2, 0.25) is 5.91 Å². The van der Waals surface area contributed by atoms with Crippen LogP contribution in [0, 0.1) is 5.92 Å². The van der Waals surface area contributed by atoms with E-state index in [1.54, 1.807) is 11.9 Å². The van der Waals surface area contributed by atoms with E-state index in [4.69, 9.17) is 22.7 Å². The highest BCUT2D eigenvalue weighted by Crippen LogP contribution is 2.29. The van der Waals surface area contributed by atoms with Crippen LogP contribution in [-0.4, -0.2) is 42.6 Å². The van der Waals surface area contributed by atoms with Crippen molar-refractivity contribution in [1.82, 2.24) is 4.90 Å². The van der Waals surface area contributed by atoms with Crippen molar-refractivity contribution in [3.63, 3.8) is 0 Å². The lowest BCUT2D eigenvalue weighted by molar-refractivity contribution is -0.130. The highest BCUT2D eigenvalue weighted by Gasteiger charge is 2.16. The van der Waals surface area contributed by atoms with Gasteiger partial charge in [-0.3, -0.25) is 4.79 Å². The minimum absolute atomic E-state index is 0.0925. The summed E-state index contributed by atoms with van der Waals surface area (Å²) in [4.78, 5) is 13.8. The topological polar surface area (TPSA) is 55.6 Å². The number of thiocarbonyl (C=S) groups is 1. The van der Waals surface area contributed by atoms with Gasteiger partial charge in [0, 0.05) is 26.6 Å². The van der Waals surface area contributed by atoms with Gasteiger partial charge in [0.05, 0.1) is 18.0 Å². The van der Waals surface area contributed by atoms with E-state index in [-0.39, 0.29) is 5.91 Å². The van der Waals surface area contributed by atoms with E-state index in [0.717, 1.165) is 18.9 Å². The maximum atomic E-state index is 11.7. The minimum Gasteiger partial charge on any atom is -0.393 e. The fourth-order valence-electron chi connectivity index (χ4n) is 1.89. The van der Waals surface area contributed by atoms with Crippen molar-refractivity contribution >= 4 is 23.1 Å². The summed E-state index contributed by atoms with van der Waals surface area (Å²) >= 11 is 4.78. The van der Waals surface area contributed by atoms with Crippen LogP contribution in [0.25, 0.3) is 0 Å². The molecule has 0 bridgehead atoms. The molecule has 5 heteroatoms. The molecule has 1 aliphatic rings. The standard InChI is InChI=1S/C13H24N2O2S/c1-15(8-5-12(14)18)13(16)7-10-17-9-6-11-3-2-4-11/h11H,2-10H2,1H3,(H2,14,18). The lowest BCUT2D eigenvalue weighted by Gasteiger charge is -2.24. The van der Waals surface area contributed by atoms with Crippen molar-refractivity contribution in [3.05, 3.63) is 0 Å². The number of carbonyl (C=O) groups is 1. The Labute approximate surface area is 115 Å². The van der Waals surface area contributed by atoms with Gasteiger partial charge in [-0.1, -0.05) is 31.5 Å². The van der Waals surface area contributed by atoms with Crippen LogP contribution >= 0.6 is 12.2 Å². The van der Waals surface area contributed by atoms with Gasteiger partial charge in [0.15, 0.2) is 0 Å². The van der Waals surface area contributed by atoms with Gasteiger partial charge in [-0.05, 0) is 12.3 Å². The number of rotatable bonds is 9. The Hall–Kier alpha value is -0.680. The Kier molecular flexibility index (Phi) is 7.20. The Bertz CT molecular complexity index is 280. The molecule has 0 aliphatic heterocycles. The van der Waals surface area contributed by atoms with Gasteiger partial charge < -0.3 is 15.4 Å². The molecule has 0 unspecified atom stereocenters. The molecule has 1 aliphatic carbocycles. The molecule has 2 N–H and O–H groups in total. The molecule has 1 amide bonds. The fraction of sp³-hybridized carbons (Fsp3) is 0.846. The molecular formula is C13H24N2O2S. The summed E-state index contributed by atoms with van der Waals surface area (Å²) in [5.74, 6) is 0.962. The van der Waals surface area contributed by atoms with Gasteiger partial charge in [0.1, 0.15) is 0 Å². The van der Waals surface area contributed by atoms with E-state index < -0.39 is 0 Å². The van der Waals surface area contributed by atoms with E-state index in [9.17, 15) is 4.79 Å². The third kappa shape index (κ3) is 6.31. The van der Waals surface area contributed by atoms with Crippen LogP contribution < -0.4 is 5.73 Å². The molecule has 104 valence electrons. The first-order valence-corrected chi connectivity index (χ1v) is 7.10. The highest BCUT2D eigenvalue weighted by molar-refractivity contribution is 7.80. The molecule has 0 saturated heterocycles. The quantitative estimate of drug-likeness (QED) is 0.513. The van der Waals surface area contributed by atoms with E-state index >= 15 is 0 Å². The SMILES string of the molecule is CN(CCC(N)=S)C(=O)CCOCCC1CCC1. The van der Waals surface area contributed by atoms with Crippen molar-refractivity contribution in [1.29, 1.82) is 0 Å². The lowest BCUT2D eigenvalue weighted by atomic mass is 9.83. The first kappa shape index (κ1) is 15.4. The zero-order valence-electron chi connectivity index (χ0n) is 11.2. The minimum atomic E-state index is 0.0925. The van der Waals surface area contributed by atoms with Crippen molar-refractivity contribution in [2.75, 3.05) is 26.8 Å². The molecule has 0 spiro atoms. The monoisotopic (exact) mass is 272 g/mol. The van der Waals surface area contributed by atoms with Gasteiger partial charge in [-0.25, -0.2) is 0 Å². The fourth-order valence-corrected chi connectivity index (χ4v) is 1.98. The van der Waals surface area contributed by atoms with Crippen LogP contribution in [0.5, 0.6) is 0 Å². The summed E-state index contributed by atoms with van der Waals surface area (Å²) in [7, 11) is 1.77. The van der Waals surface area contributed by atoms with Crippen LogP contribution in [0.1, 0.15) is 38.5 Å². The Morgan fingerprint density at radius 2 is 2.11 bits per heavy atom. The Morgan fingerprint density at radius 1 is 1.39 bits per heavy atom. The molecule has 1 saturated carbocycles. The number of amides is 1. The summed E-state index contributed by atoms with van der Waals surface area (Å²) in [5, 5.41) is 0. The number of carbonyl (C=O) groups excluding carboxylic acids is 1. The van der Waals surface area contributed by atoms with Crippen LogP contribution in [0.3, 0.4) is 0 Å². The zero-order chi connectivity index (χ0) is 13.4. The van der Waals surface area contributed by atoms with Crippen LogP contribution in [0.15, 0.2) is 0 Å². The van der Waals surface area contributed by atoms with Crippen molar-refractivity contribution in [3.8, 4) is 0 Å². The van der Waals surface area contributed by atoms with Crippen LogP contribution in [0.4, 0.5) is 0 Å². The van der Waals surface area contributed by atoms with Crippen molar-refractivity contribution in [2.24, 2.45) is 11.7 Å². The number of nitrogens with zero attached hydrogens (tertiary/aromatic N) is 1. The summed E-state index contributed by atoms with van der Waals surface area (Å²) in [6.45, 7) is 1.90. The van der Waals surface area contributed by atoms with Crippen LogP contribution in [0.2, 0.25) is 0 Å². The van der Waals surface area contributed by atoms with Gasteiger partial charge >= 0.3 is 0 Å².